The van der Waals surface area contributed by atoms with Crippen LogP contribution in [0.5, 0.6) is 0 Å². The van der Waals surface area contributed by atoms with Crippen LogP contribution in [0.15, 0.2) is 200 Å². The third kappa shape index (κ3) is 5.65. The Hall–Kier alpha value is -8.00. The van der Waals surface area contributed by atoms with E-state index in [2.05, 4.69) is 247 Å². The monoisotopic (exact) mass is 881 g/mol. The molecule has 0 saturated carbocycles. The largest absolute Gasteiger partial charge is 0.310 e. The topological polar surface area (TPSA) is 3.24 Å². The molecule has 14 aromatic rings. The lowest BCUT2D eigenvalue weighted by atomic mass is 9.83. The zero-order valence-corrected chi connectivity index (χ0v) is 40.0. The summed E-state index contributed by atoms with van der Waals surface area (Å²) in [4.78, 5) is 2.43. The molecule has 0 amide bonds. The van der Waals surface area contributed by atoms with Crippen LogP contribution in [0.1, 0.15) is 52.7 Å². The van der Waals surface area contributed by atoms with Gasteiger partial charge in [-0.2, -0.15) is 0 Å². The zero-order chi connectivity index (χ0) is 46.5. The first-order valence-corrected chi connectivity index (χ1v) is 24.6. The predicted molar refractivity (Wildman–Crippen MR) is 301 cm³/mol. The molecule has 69 heavy (non-hydrogen) atoms. The second-order valence-electron chi connectivity index (χ2n) is 21.6. The van der Waals surface area contributed by atoms with Crippen LogP contribution in [0.25, 0.3) is 119 Å². The van der Waals surface area contributed by atoms with Crippen molar-refractivity contribution in [3.63, 3.8) is 0 Å². The average Bonchev–Trinajstić information content (AvgIpc) is 3.88. The first-order valence-electron chi connectivity index (χ1n) is 24.6. The Morgan fingerprint density at radius 3 is 1.10 bits per heavy atom. The Morgan fingerprint density at radius 2 is 0.623 bits per heavy atom. The van der Waals surface area contributed by atoms with Gasteiger partial charge in [0, 0.05) is 16.8 Å². The highest BCUT2D eigenvalue weighted by Crippen LogP contribution is 2.58. The van der Waals surface area contributed by atoms with Gasteiger partial charge in [0.1, 0.15) is 0 Å². The molecule has 1 heteroatoms. The maximum Gasteiger partial charge on any atom is 0.0540 e. The van der Waals surface area contributed by atoms with Crippen molar-refractivity contribution in [3.8, 4) is 22.3 Å². The van der Waals surface area contributed by atoms with Crippen molar-refractivity contribution in [1.29, 1.82) is 0 Å². The third-order valence-corrected chi connectivity index (χ3v) is 15.6. The molecule has 0 spiro atoms. The zero-order valence-electron chi connectivity index (χ0n) is 40.0. The van der Waals surface area contributed by atoms with Gasteiger partial charge in [0.2, 0.25) is 0 Å². The molecular formula is C68H51N. The summed E-state index contributed by atoms with van der Waals surface area (Å²) in [5, 5.41) is 23.8. The minimum atomic E-state index is 0.0225. The molecule has 328 valence electrons. The van der Waals surface area contributed by atoms with Crippen molar-refractivity contribution >= 4 is 114 Å². The minimum Gasteiger partial charge on any atom is -0.310 e. The highest BCUT2D eigenvalue weighted by Gasteiger charge is 2.30. The van der Waals surface area contributed by atoms with Gasteiger partial charge < -0.3 is 4.90 Å². The van der Waals surface area contributed by atoms with E-state index in [0.29, 0.717) is 0 Å². The molecule has 0 atom stereocenters. The number of benzene rings is 12. The van der Waals surface area contributed by atoms with Crippen LogP contribution in [0, 0.1) is 0 Å². The molecule has 0 aliphatic rings. The fourth-order valence-corrected chi connectivity index (χ4v) is 12.4. The Balaban J connectivity index is 1.21. The summed E-state index contributed by atoms with van der Waals surface area (Å²) < 4.78 is 0. The molecular weight excluding hydrogens is 831 g/mol. The van der Waals surface area contributed by atoms with Crippen LogP contribution < -0.4 is 4.90 Å². The maximum atomic E-state index is 2.47. The standard InChI is InChI=1S/C68H51N/c1-67(2,3)43-30-26-41(27-31-43)58-63-52-25-15-24-51-56(69(45-18-9-7-10-19-45)46-20-11-8-12-21-46)39-38-53(60(51)52)64(63)59(42-28-32-44(33-29-42)68(4,5)6)66-55-37-35-50-48-23-14-17-40-16-13-22-47(57(40)48)49-34-36-54(65(58)66)62(55)61(49)50/h7-39H,1-6H3. The van der Waals surface area contributed by atoms with Crippen molar-refractivity contribution in [2.24, 2.45) is 0 Å². The van der Waals surface area contributed by atoms with Crippen LogP contribution in [0.3, 0.4) is 0 Å². The molecule has 0 aliphatic carbocycles. The van der Waals surface area contributed by atoms with E-state index in [0.717, 1.165) is 11.4 Å². The van der Waals surface area contributed by atoms with E-state index in [1.807, 2.05) is 0 Å². The summed E-state index contributed by atoms with van der Waals surface area (Å²) in [6.07, 6.45) is 0. The van der Waals surface area contributed by atoms with Crippen LogP contribution in [0.2, 0.25) is 0 Å². The fraction of sp³-hybridized carbons (Fsp3) is 0.118. The van der Waals surface area contributed by atoms with Crippen molar-refractivity contribution < 1.29 is 0 Å². The second-order valence-corrected chi connectivity index (χ2v) is 21.6. The Kier molecular flexibility index (Phi) is 8.29. The molecule has 0 unspecified atom stereocenters. The van der Waals surface area contributed by atoms with Crippen LogP contribution in [-0.2, 0) is 10.8 Å². The maximum absolute atomic E-state index is 2.47. The van der Waals surface area contributed by atoms with E-state index in [1.54, 1.807) is 0 Å². The van der Waals surface area contributed by atoms with Gasteiger partial charge in [0.15, 0.2) is 0 Å². The van der Waals surface area contributed by atoms with Gasteiger partial charge >= 0.3 is 0 Å². The summed E-state index contributed by atoms with van der Waals surface area (Å²) in [6, 6.07) is 76.2. The molecule has 0 fully saturated rings. The Bertz CT molecular complexity index is 4090. The van der Waals surface area contributed by atoms with Crippen molar-refractivity contribution in [2.45, 2.75) is 52.4 Å². The fourth-order valence-electron chi connectivity index (χ4n) is 12.4. The SMILES string of the molecule is CC(C)(C)c1ccc(-c2c3c4cccc5c(N(c6ccccc6)c6ccccc6)ccc(c3c(-c3ccc(C(C)(C)C)cc3)c3c6ccc7c8cccc9cccc(c%10ccc(c23)c6c%107)c98)c54)cc1. The van der Waals surface area contributed by atoms with E-state index < -0.39 is 0 Å². The summed E-state index contributed by atoms with van der Waals surface area (Å²) in [5.74, 6) is 0. The molecule has 1 nitrogen and oxygen atoms in total. The highest BCUT2D eigenvalue weighted by atomic mass is 15.1. The lowest BCUT2D eigenvalue weighted by Gasteiger charge is -2.27. The Morgan fingerprint density at radius 1 is 0.261 bits per heavy atom. The van der Waals surface area contributed by atoms with Crippen molar-refractivity contribution in [3.05, 3.63) is 211 Å². The van der Waals surface area contributed by atoms with E-state index in [9.17, 15) is 0 Å². The average molecular weight is 882 g/mol. The third-order valence-electron chi connectivity index (χ3n) is 15.6. The Labute approximate surface area is 402 Å². The number of rotatable bonds is 5. The normalized spacial score (nSPS) is 12.8. The van der Waals surface area contributed by atoms with E-state index in [1.165, 1.54) is 136 Å². The van der Waals surface area contributed by atoms with E-state index in [4.69, 9.17) is 0 Å². The van der Waals surface area contributed by atoms with Crippen molar-refractivity contribution in [1.82, 2.24) is 0 Å². The van der Waals surface area contributed by atoms with Gasteiger partial charge in [-0.15, -0.1) is 0 Å². The number of fused-ring (bicyclic) bond motifs is 8. The van der Waals surface area contributed by atoms with E-state index >= 15 is 0 Å². The van der Waals surface area contributed by atoms with E-state index in [-0.39, 0.29) is 10.8 Å². The van der Waals surface area contributed by atoms with Gasteiger partial charge in [0.05, 0.1) is 5.69 Å². The quantitative estimate of drug-likeness (QED) is 0.123. The number of para-hydroxylation sites is 2. The number of nitrogens with zero attached hydrogens (tertiary/aromatic N) is 1. The predicted octanol–water partition coefficient (Wildman–Crippen LogP) is 19.8. The molecule has 14 aromatic carbocycles. The van der Waals surface area contributed by atoms with Crippen LogP contribution >= 0.6 is 0 Å². The molecule has 0 heterocycles. The van der Waals surface area contributed by atoms with Crippen LogP contribution in [0.4, 0.5) is 17.1 Å². The number of hydrogen-bond acceptors (Lipinski definition) is 1. The molecule has 0 N–H and O–H groups in total. The van der Waals surface area contributed by atoms with Gasteiger partial charge in [-0.1, -0.05) is 211 Å². The molecule has 0 aromatic heterocycles. The molecule has 0 saturated heterocycles. The first-order chi connectivity index (χ1) is 33.5. The molecule has 0 radical (unpaired) electrons. The first kappa shape index (κ1) is 40.1. The van der Waals surface area contributed by atoms with Crippen molar-refractivity contribution in [2.75, 3.05) is 4.90 Å². The molecule has 14 rings (SSSR count). The lowest BCUT2D eigenvalue weighted by Crippen LogP contribution is -2.10. The van der Waals surface area contributed by atoms with Gasteiger partial charge in [0.25, 0.3) is 0 Å². The lowest BCUT2D eigenvalue weighted by molar-refractivity contribution is 0.590. The highest BCUT2D eigenvalue weighted by molar-refractivity contribution is 6.49. The summed E-state index contributed by atoms with van der Waals surface area (Å²) in [5.41, 5.74) is 11.3. The molecule has 0 aliphatic heterocycles. The van der Waals surface area contributed by atoms with Gasteiger partial charge in [-0.05, 0) is 166 Å². The number of anilines is 3. The smallest absolute Gasteiger partial charge is 0.0540 e. The summed E-state index contributed by atoms with van der Waals surface area (Å²) in [7, 11) is 0. The summed E-state index contributed by atoms with van der Waals surface area (Å²) in [6.45, 7) is 13.9. The number of hydrogen-bond donors (Lipinski definition) is 0. The van der Waals surface area contributed by atoms with Gasteiger partial charge in [-0.3, -0.25) is 0 Å². The minimum absolute atomic E-state index is 0.0225. The second kappa shape index (κ2) is 14.3. The van der Waals surface area contributed by atoms with Gasteiger partial charge in [-0.25, -0.2) is 0 Å². The molecule has 0 bridgehead atoms. The van der Waals surface area contributed by atoms with Crippen LogP contribution in [-0.4, -0.2) is 0 Å². The summed E-state index contributed by atoms with van der Waals surface area (Å²) >= 11 is 0.